The van der Waals surface area contributed by atoms with Crippen molar-refractivity contribution in [3.8, 4) is 0 Å². The number of likely N-dealkylation sites (tertiary alicyclic amines) is 1. The molecule has 0 aromatic rings. The molecule has 1 rings (SSSR count). The van der Waals surface area contributed by atoms with Crippen molar-refractivity contribution in [1.29, 1.82) is 0 Å². The highest BCUT2D eigenvalue weighted by molar-refractivity contribution is 5.70. The van der Waals surface area contributed by atoms with Crippen LogP contribution in [0.5, 0.6) is 0 Å². The minimum atomic E-state index is -0.495. The van der Waals surface area contributed by atoms with Gasteiger partial charge in [-0.25, -0.2) is 4.79 Å². The zero-order valence-corrected chi connectivity index (χ0v) is 10.3. The Kier molecular flexibility index (Phi) is 3.97. The molecule has 1 aliphatic heterocycles. The predicted octanol–water partition coefficient (Wildman–Crippen LogP) is 1.93. The molecular formula is C12H21NO3. The van der Waals surface area contributed by atoms with Crippen LogP contribution < -0.4 is 0 Å². The Morgan fingerprint density at radius 2 is 2.19 bits per heavy atom. The SMILES string of the molecule is C=CC[C@@H]1C[C@H](CO)N1C(=O)OC(C)(C)C. The van der Waals surface area contributed by atoms with E-state index in [-0.39, 0.29) is 24.8 Å². The summed E-state index contributed by atoms with van der Waals surface area (Å²) in [7, 11) is 0. The molecule has 1 N–H and O–H groups in total. The molecule has 0 radical (unpaired) electrons. The van der Waals surface area contributed by atoms with Gasteiger partial charge in [-0.05, 0) is 33.6 Å². The molecule has 0 saturated carbocycles. The van der Waals surface area contributed by atoms with E-state index in [1.165, 1.54) is 0 Å². The Balaban J connectivity index is 2.60. The predicted molar refractivity (Wildman–Crippen MR) is 62.2 cm³/mol. The van der Waals surface area contributed by atoms with E-state index in [4.69, 9.17) is 9.84 Å². The Bertz CT molecular complexity index is 270. The molecule has 0 aromatic carbocycles. The van der Waals surface area contributed by atoms with Crippen molar-refractivity contribution in [2.24, 2.45) is 0 Å². The Hall–Kier alpha value is -1.03. The Morgan fingerprint density at radius 1 is 1.56 bits per heavy atom. The zero-order valence-electron chi connectivity index (χ0n) is 10.3. The number of rotatable bonds is 3. The highest BCUT2D eigenvalue weighted by Crippen LogP contribution is 2.30. The van der Waals surface area contributed by atoms with Crippen molar-refractivity contribution in [3.63, 3.8) is 0 Å². The average Bonchev–Trinajstić information content (AvgIpc) is 2.07. The van der Waals surface area contributed by atoms with Crippen LogP contribution in [0, 0.1) is 0 Å². The molecule has 2 atom stereocenters. The van der Waals surface area contributed by atoms with Gasteiger partial charge in [-0.15, -0.1) is 6.58 Å². The Labute approximate surface area is 96.9 Å². The van der Waals surface area contributed by atoms with Gasteiger partial charge in [0, 0.05) is 6.04 Å². The first-order valence-corrected chi connectivity index (χ1v) is 5.62. The van der Waals surface area contributed by atoms with Crippen LogP contribution in [0.15, 0.2) is 12.7 Å². The molecule has 0 aliphatic carbocycles. The fourth-order valence-corrected chi connectivity index (χ4v) is 1.88. The second-order valence-electron chi connectivity index (χ2n) is 5.14. The second kappa shape index (κ2) is 4.87. The summed E-state index contributed by atoms with van der Waals surface area (Å²) in [5, 5.41) is 9.11. The summed E-state index contributed by atoms with van der Waals surface area (Å²) in [5.41, 5.74) is -0.495. The van der Waals surface area contributed by atoms with Gasteiger partial charge in [0.05, 0.1) is 12.6 Å². The Morgan fingerprint density at radius 3 is 2.62 bits per heavy atom. The standard InChI is InChI=1S/C12H21NO3/c1-5-6-9-7-10(8-14)13(9)11(15)16-12(2,3)4/h5,9-10,14H,1,6-8H2,2-4H3/t9-,10-/m1/s1. The largest absolute Gasteiger partial charge is 0.444 e. The lowest BCUT2D eigenvalue weighted by atomic mass is 9.91. The zero-order chi connectivity index (χ0) is 12.3. The minimum absolute atomic E-state index is 0.00706. The average molecular weight is 227 g/mol. The van der Waals surface area contributed by atoms with Crippen LogP contribution in [-0.4, -0.2) is 40.4 Å². The van der Waals surface area contributed by atoms with E-state index in [0.717, 1.165) is 12.8 Å². The molecule has 1 heterocycles. The maximum Gasteiger partial charge on any atom is 0.410 e. The van der Waals surface area contributed by atoms with E-state index >= 15 is 0 Å². The minimum Gasteiger partial charge on any atom is -0.444 e. The van der Waals surface area contributed by atoms with Crippen molar-refractivity contribution in [2.75, 3.05) is 6.61 Å². The van der Waals surface area contributed by atoms with Gasteiger partial charge >= 0.3 is 6.09 Å². The lowest BCUT2D eigenvalue weighted by molar-refractivity contribution is -0.0442. The third-order valence-corrected chi connectivity index (χ3v) is 2.58. The van der Waals surface area contributed by atoms with Crippen LogP contribution in [0.3, 0.4) is 0 Å². The van der Waals surface area contributed by atoms with E-state index in [9.17, 15) is 4.79 Å². The number of hydrogen-bond donors (Lipinski definition) is 1. The van der Waals surface area contributed by atoms with E-state index in [1.54, 1.807) is 11.0 Å². The summed E-state index contributed by atoms with van der Waals surface area (Å²) in [5.74, 6) is 0. The van der Waals surface area contributed by atoms with Gasteiger partial charge in [-0.1, -0.05) is 6.08 Å². The van der Waals surface area contributed by atoms with Crippen LogP contribution in [-0.2, 0) is 4.74 Å². The van der Waals surface area contributed by atoms with Crippen LogP contribution in [0.4, 0.5) is 4.79 Å². The fourth-order valence-electron chi connectivity index (χ4n) is 1.88. The second-order valence-corrected chi connectivity index (χ2v) is 5.14. The number of amides is 1. The van der Waals surface area contributed by atoms with Gasteiger partial charge in [-0.3, -0.25) is 4.90 Å². The van der Waals surface area contributed by atoms with Crippen molar-refractivity contribution in [3.05, 3.63) is 12.7 Å². The topological polar surface area (TPSA) is 49.8 Å². The molecule has 1 aliphatic rings. The molecule has 1 amide bonds. The number of nitrogens with zero attached hydrogens (tertiary/aromatic N) is 1. The van der Waals surface area contributed by atoms with Crippen molar-refractivity contribution in [2.45, 2.75) is 51.3 Å². The molecule has 4 heteroatoms. The van der Waals surface area contributed by atoms with Crippen LogP contribution >= 0.6 is 0 Å². The number of carbonyl (C=O) groups excluding carboxylic acids is 1. The number of ether oxygens (including phenoxy) is 1. The first-order chi connectivity index (χ1) is 7.39. The summed E-state index contributed by atoms with van der Waals surface area (Å²) < 4.78 is 5.29. The van der Waals surface area contributed by atoms with Crippen LogP contribution in [0.2, 0.25) is 0 Å². The number of aliphatic hydroxyl groups is 1. The lowest BCUT2D eigenvalue weighted by Crippen LogP contribution is -2.60. The molecule has 0 aromatic heterocycles. The summed E-state index contributed by atoms with van der Waals surface area (Å²) in [4.78, 5) is 13.5. The lowest BCUT2D eigenvalue weighted by Gasteiger charge is -2.47. The van der Waals surface area contributed by atoms with E-state index < -0.39 is 5.60 Å². The van der Waals surface area contributed by atoms with E-state index in [1.807, 2.05) is 20.8 Å². The van der Waals surface area contributed by atoms with Gasteiger partial charge in [0.25, 0.3) is 0 Å². The molecule has 1 saturated heterocycles. The third kappa shape index (κ3) is 2.98. The van der Waals surface area contributed by atoms with Gasteiger partial charge < -0.3 is 9.84 Å². The highest BCUT2D eigenvalue weighted by Gasteiger charge is 2.42. The maximum atomic E-state index is 11.9. The van der Waals surface area contributed by atoms with Gasteiger partial charge in [0.15, 0.2) is 0 Å². The fraction of sp³-hybridized carbons (Fsp3) is 0.750. The molecular weight excluding hydrogens is 206 g/mol. The van der Waals surface area contributed by atoms with Crippen molar-refractivity contribution in [1.82, 2.24) is 4.90 Å². The summed E-state index contributed by atoms with van der Waals surface area (Å²) in [6, 6.07) is 0.0318. The molecule has 0 unspecified atom stereocenters. The van der Waals surface area contributed by atoms with E-state index in [0.29, 0.717) is 0 Å². The molecule has 16 heavy (non-hydrogen) atoms. The van der Waals surface area contributed by atoms with Crippen molar-refractivity contribution >= 4 is 6.09 Å². The molecule has 92 valence electrons. The van der Waals surface area contributed by atoms with Crippen LogP contribution in [0.1, 0.15) is 33.6 Å². The summed E-state index contributed by atoms with van der Waals surface area (Å²) in [6.45, 7) is 9.16. The molecule has 4 nitrogen and oxygen atoms in total. The van der Waals surface area contributed by atoms with Crippen LogP contribution in [0.25, 0.3) is 0 Å². The monoisotopic (exact) mass is 227 g/mol. The first-order valence-electron chi connectivity index (χ1n) is 5.62. The molecule has 0 spiro atoms. The normalized spacial score (nSPS) is 24.9. The number of aliphatic hydroxyl groups excluding tert-OH is 1. The summed E-state index contributed by atoms with van der Waals surface area (Å²) in [6.07, 6.45) is 3.01. The van der Waals surface area contributed by atoms with E-state index in [2.05, 4.69) is 6.58 Å². The van der Waals surface area contributed by atoms with Gasteiger partial charge in [0.2, 0.25) is 0 Å². The quantitative estimate of drug-likeness (QED) is 0.749. The first kappa shape index (κ1) is 13.0. The summed E-state index contributed by atoms with van der Waals surface area (Å²) >= 11 is 0. The number of hydrogen-bond acceptors (Lipinski definition) is 3. The molecule has 0 bridgehead atoms. The van der Waals surface area contributed by atoms with Crippen molar-refractivity contribution < 1.29 is 14.6 Å². The highest BCUT2D eigenvalue weighted by atomic mass is 16.6. The maximum absolute atomic E-state index is 11.9. The van der Waals surface area contributed by atoms with Gasteiger partial charge in [0.1, 0.15) is 5.60 Å². The van der Waals surface area contributed by atoms with Gasteiger partial charge in [-0.2, -0.15) is 0 Å². The molecule has 1 fully saturated rings. The number of carbonyl (C=O) groups is 1. The third-order valence-electron chi connectivity index (χ3n) is 2.58. The smallest absolute Gasteiger partial charge is 0.410 e.